The number of quaternary nitrogens is 1. The van der Waals surface area contributed by atoms with Crippen molar-refractivity contribution in [1.82, 2.24) is 4.31 Å². The Balaban J connectivity index is 1.48. The lowest BCUT2D eigenvalue weighted by Gasteiger charge is -2.31. The van der Waals surface area contributed by atoms with Crippen molar-refractivity contribution in [2.24, 2.45) is 0 Å². The molecule has 8 heteroatoms. The number of benzene rings is 2. The first-order valence-electron chi connectivity index (χ1n) is 8.86. The Morgan fingerprint density at radius 2 is 1.67 bits per heavy atom. The van der Waals surface area contributed by atoms with Crippen molar-refractivity contribution < 1.29 is 27.2 Å². The van der Waals surface area contributed by atoms with Crippen LogP contribution in [0.25, 0.3) is 0 Å². The lowest BCUT2D eigenvalue weighted by molar-refractivity contribution is -0.903. The van der Waals surface area contributed by atoms with Crippen molar-refractivity contribution in [2.75, 3.05) is 46.4 Å². The van der Waals surface area contributed by atoms with Gasteiger partial charge in [-0.05, 0) is 36.4 Å². The molecule has 146 valence electrons. The lowest BCUT2D eigenvalue weighted by atomic mass is 10.3. The van der Waals surface area contributed by atoms with Gasteiger partial charge in [0.15, 0.2) is 0 Å². The van der Waals surface area contributed by atoms with Crippen LogP contribution in [0.15, 0.2) is 53.4 Å². The van der Waals surface area contributed by atoms with Gasteiger partial charge in [-0.3, -0.25) is 0 Å². The Bertz CT molecular complexity index is 850. The van der Waals surface area contributed by atoms with Gasteiger partial charge in [-0.2, -0.15) is 4.31 Å². The molecule has 1 N–H and O–H groups in total. The lowest BCUT2D eigenvalue weighted by Crippen LogP contribution is -3.15. The summed E-state index contributed by atoms with van der Waals surface area (Å²) >= 11 is 0. The summed E-state index contributed by atoms with van der Waals surface area (Å²) in [5.74, 6) is 0.844. The van der Waals surface area contributed by atoms with Gasteiger partial charge in [0.1, 0.15) is 35.4 Å². The van der Waals surface area contributed by atoms with Gasteiger partial charge in [0, 0.05) is 0 Å². The van der Waals surface area contributed by atoms with Gasteiger partial charge in [-0.25, -0.2) is 12.8 Å². The van der Waals surface area contributed by atoms with E-state index in [9.17, 15) is 12.8 Å². The van der Waals surface area contributed by atoms with Crippen LogP contribution in [-0.2, 0) is 10.0 Å². The fourth-order valence-corrected chi connectivity index (χ4v) is 4.58. The Labute approximate surface area is 159 Å². The maximum atomic E-state index is 13.9. The van der Waals surface area contributed by atoms with Crippen LogP contribution >= 0.6 is 0 Å². The summed E-state index contributed by atoms with van der Waals surface area (Å²) in [5.41, 5.74) is 0. The fourth-order valence-electron chi connectivity index (χ4n) is 3.07. The summed E-state index contributed by atoms with van der Waals surface area (Å²) in [6.07, 6.45) is 0. The maximum Gasteiger partial charge on any atom is 0.246 e. The van der Waals surface area contributed by atoms with E-state index in [4.69, 9.17) is 9.47 Å². The minimum atomic E-state index is -3.78. The van der Waals surface area contributed by atoms with Crippen molar-refractivity contribution in [3.8, 4) is 11.5 Å². The van der Waals surface area contributed by atoms with E-state index in [2.05, 4.69) is 0 Å². The van der Waals surface area contributed by atoms with E-state index in [1.807, 2.05) is 24.3 Å². The van der Waals surface area contributed by atoms with E-state index in [1.54, 1.807) is 7.11 Å². The number of hydrogen-bond acceptors (Lipinski definition) is 4. The van der Waals surface area contributed by atoms with Gasteiger partial charge < -0.3 is 14.4 Å². The van der Waals surface area contributed by atoms with Crippen molar-refractivity contribution in [2.45, 2.75) is 4.90 Å². The minimum Gasteiger partial charge on any atom is -0.497 e. The summed E-state index contributed by atoms with van der Waals surface area (Å²) in [6, 6.07) is 12.9. The smallest absolute Gasteiger partial charge is 0.246 e. The topological polar surface area (TPSA) is 60.3 Å². The van der Waals surface area contributed by atoms with Crippen LogP contribution in [0.5, 0.6) is 11.5 Å². The zero-order valence-electron chi connectivity index (χ0n) is 15.2. The molecule has 0 radical (unpaired) electrons. The third-order valence-electron chi connectivity index (χ3n) is 4.67. The van der Waals surface area contributed by atoms with E-state index in [1.165, 1.54) is 33.5 Å². The van der Waals surface area contributed by atoms with Crippen molar-refractivity contribution in [1.29, 1.82) is 0 Å². The monoisotopic (exact) mass is 395 g/mol. The van der Waals surface area contributed by atoms with Crippen molar-refractivity contribution in [3.05, 3.63) is 54.3 Å². The van der Waals surface area contributed by atoms with E-state index < -0.39 is 15.8 Å². The second-order valence-corrected chi connectivity index (χ2v) is 8.26. The van der Waals surface area contributed by atoms with Gasteiger partial charge in [0.05, 0.1) is 33.3 Å². The summed E-state index contributed by atoms with van der Waals surface area (Å²) in [7, 11) is -2.17. The van der Waals surface area contributed by atoms with E-state index >= 15 is 0 Å². The van der Waals surface area contributed by atoms with Crippen LogP contribution < -0.4 is 14.4 Å². The summed E-state index contributed by atoms with van der Waals surface area (Å²) in [6.45, 7) is 3.39. The first-order valence-corrected chi connectivity index (χ1v) is 10.3. The summed E-state index contributed by atoms with van der Waals surface area (Å²) < 4.78 is 51.3. The van der Waals surface area contributed by atoms with Gasteiger partial charge in [-0.15, -0.1) is 0 Å². The van der Waals surface area contributed by atoms with Crippen molar-refractivity contribution in [3.63, 3.8) is 0 Å². The zero-order chi connectivity index (χ0) is 19.3. The third-order valence-corrected chi connectivity index (χ3v) is 6.60. The molecule has 0 unspecified atom stereocenters. The second-order valence-electron chi connectivity index (χ2n) is 6.36. The Morgan fingerprint density at radius 1 is 1.04 bits per heavy atom. The molecule has 0 amide bonds. The number of nitrogens with one attached hydrogen (secondary N) is 1. The molecule has 2 aromatic carbocycles. The highest BCUT2D eigenvalue weighted by atomic mass is 32.2. The van der Waals surface area contributed by atoms with E-state index in [0.717, 1.165) is 18.0 Å². The number of hydrogen-bond donors (Lipinski definition) is 1. The SMILES string of the molecule is COc1ccc(OCC[NH+]2CCN(S(=O)(=O)c3ccccc3F)CC2)cc1. The number of piperazine rings is 1. The average Bonchev–Trinajstić information content (AvgIpc) is 2.69. The van der Waals surface area contributed by atoms with Gasteiger partial charge in [0.2, 0.25) is 10.0 Å². The van der Waals surface area contributed by atoms with E-state index in [-0.39, 0.29) is 4.90 Å². The molecule has 1 aliphatic heterocycles. The van der Waals surface area contributed by atoms with Gasteiger partial charge in [0.25, 0.3) is 0 Å². The number of nitrogens with zero attached hydrogens (tertiary/aromatic N) is 1. The largest absolute Gasteiger partial charge is 0.497 e. The average molecular weight is 395 g/mol. The highest BCUT2D eigenvalue weighted by Crippen LogP contribution is 2.19. The number of ether oxygens (including phenoxy) is 2. The molecule has 0 atom stereocenters. The van der Waals surface area contributed by atoms with Crippen LogP contribution in [0, 0.1) is 5.82 Å². The standard InChI is InChI=1S/C19H23FN2O4S/c1-25-16-6-8-17(9-7-16)26-15-14-21-10-12-22(13-11-21)27(23,24)19-5-3-2-4-18(19)20/h2-9H,10-15H2,1H3/p+1. The Hall–Kier alpha value is -2.16. The molecule has 1 saturated heterocycles. The van der Waals surface area contributed by atoms with Crippen LogP contribution in [0.4, 0.5) is 4.39 Å². The predicted molar refractivity (Wildman–Crippen MR) is 99.2 cm³/mol. The molecular formula is C19H24FN2O4S+. The highest BCUT2D eigenvalue weighted by molar-refractivity contribution is 7.89. The number of rotatable bonds is 7. The molecule has 27 heavy (non-hydrogen) atoms. The van der Waals surface area contributed by atoms with Crippen LogP contribution in [0.2, 0.25) is 0 Å². The summed E-state index contributed by atoms with van der Waals surface area (Å²) in [4.78, 5) is 1.01. The van der Waals surface area contributed by atoms with Crippen LogP contribution in [0.3, 0.4) is 0 Å². The van der Waals surface area contributed by atoms with Gasteiger partial charge in [-0.1, -0.05) is 12.1 Å². The maximum absolute atomic E-state index is 13.9. The second kappa shape index (κ2) is 8.69. The molecule has 3 rings (SSSR count). The zero-order valence-corrected chi connectivity index (χ0v) is 16.0. The number of methoxy groups -OCH3 is 1. The molecule has 0 aliphatic carbocycles. The molecule has 2 aromatic rings. The molecule has 1 heterocycles. The summed E-state index contributed by atoms with van der Waals surface area (Å²) in [5, 5.41) is 0. The molecule has 0 aromatic heterocycles. The first kappa shape index (κ1) is 19.6. The molecule has 1 fully saturated rings. The van der Waals surface area contributed by atoms with E-state index in [0.29, 0.717) is 32.8 Å². The highest BCUT2D eigenvalue weighted by Gasteiger charge is 2.31. The quantitative estimate of drug-likeness (QED) is 0.754. The molecule has 6 nitrogen and oxygen atoms in total. The third kappa shape index (κ3) is 4.77. The predicted octanol–water partition coefficient (Wildman–Crippen LogP) is 0.803. The Morgan fingerprint density at radius 3 is 2.30 bits per heavy atom. The van der Waals surface area contributed by atoms with Crippen LogP contribution in [-0.4, -0.2) is 59.2 Å². The molecule has 0 saturated carbocycles. The number of halogens is 1. The first-order chi connectivity index (χ1) is 13.0. The molecule has 0 bridgehead atoms. The molecular weight excluding hydrogens is 371 g/mol. The fraction of sp³-hybridized carbons (Fsp3) is 0.368. The normalized spacial score (nSPS) is 16.2. The minimum absolute atomic E-state index is 0.253. The number of sulfonamides is 1. The Kier molecular flexibility index (Phi) is 6.30. The van der Waals surface area contributed by atoms with Gasteiger partial charge >= 0.3 is 0 Å². The van der Waals surface area contributed by atoms with Crippen LogP contribution in [0.1, 0.15) is 0 Å². The molecule has 1 aliphatic rings. The van der Waals surface area contributed by atoms with Crippen molar-refractivity contribution >= 4 is 10.0 Å². The molecule has 0 spiro atoms.